The van der Waals surface area contributed by atoms with Gasteiger partial charge in [0.25, 0.3) is 0 Å². The number of aliphatic imine (C=N–C) groups is 1. The van der Waals surface area contributed by atoms with E-state index in [-0.39, 0.29) is 0 Å². The molecule has 152 valence electrons. The molecule has 0 radical (unpaired) electrons. The summed E-state index contributed by atoms with van der Waals surface area (Å²) >= 11 is 0. The summed E-state index contributed by atoms with van der Waals surface area (Å²) in [6.07, 6.45) is 13.5. The molecule has 2 N–H and O–H groups in total. The second kappa shape index (κ2) is 12.6. The molecule has 0 aromatic heterocycles. The minimum Gasteiger partial charge on any atom is -0.357 e. The number of guanidine groups is 1. The minimum absolute atomic E-state index is 0.569. The van der Waals surface area contributed by atoms with Crippen molar-refractivity contribution in [2.75, 3.05) is 46.8 Å². The molecule has 2 fully saturated rings. The van der Waals surface area contributed by atoms with Gasteiger partial charge in [-0.15, -0.1) is 0 Å². The molecular formula is C21H43N5. The predicted molar refractivity (Wildman–Crippen MR) is 113 cm³/mol. The van der Waals surface area contributed by atoms with Gasteiger partial charge in [0.05, 0.1) is 0 Å². The van der Waals surface area contributed by atoms with E-state index in [1.807, 2.05) is 0 Å². The van der Waals surface area contributed by atoms with E-state index < -0.39 is 0 Å². The van der Waals surface area contributed by atoms with Gasteiger partial charge in [-0.3, -0.25) is 9.89 Å². The highest BCUT2D eigenvalue weighted by molar-refractivity contribution is 5.80. The maximum atomic E-state index is 4.81. The molecular weight excluding hydrogens is 322 g/mol. The number of rotatable bonds is 11. The Morgan fingerprint density at radius 1 is 1.04 bits per heavy atom. The molecule has 5 nitrogen and oxygen atoms in total. The summed E-state index contributed by atoms with van der Waals surface area (Å²) in [5, 5.41) is 7.12. The molecule has 1 atom stereocenters. The van der Waals surface area contributed by atoms with E-state index >= 15 is 0 Å². The van der Waals surface area contributed by atoms with Gasteiger partial charge in [-0.05, 0) is 59.7 Å². The third-order valence-corrected chi connectivity index (χ3v) is 5.78. The van der Waals surface area contributed by atoms with Crippen LogP contribution in [0.4, 0.5) is 0 Å². The van der Waals surface area contributed by atoms with Gasteiger partial charge in [0.15, 0.2) is 5.96 Å². The van der Waals surface area contributed by atoms with Crippen LogP contribution >= 0.6 is 0 Å². The van der Waals surface area contributed by atoms with E-state index in [1.165, 1.54) is 83.8 Å². The van der Waals surface area contributed by atoms with Crippen LogP contribution in [0.1, 0.15) is 71.1 Å². The van der Waals surface area contributed by atoms with Crippen molar-refractivity contribution in [3.63, 3.8) is 0 Å². The molecule has 0 aromatic rings. The summed E-state index contributed by atoms with van der Waals surface area (Å²) in [6.45, 7) is 7.71. The second-order valence-corrected chi connectivity index (χ2v) is 8.39. The van der Waals surface area contributed by atoms with Gasteiger partial charge in [0.2, 0.25) is 0 Å². The highest BCUT2D eigenvalue weighted by Gasteiger charge is 2.30. The number of hydrogen-bond acceptors (Lipinski definition) is 3. The zero-order chi connectivity index (χ0) is 18.6. The third kappa shape index (κ3) is 8.26. The van der Waals surface area contributed by atoms with E-state index in [4.69, 9.17) is 4.99 Å². The van der Waals surface area contributed by atoms with Gasteiger partial charge < -0.3 is 15.5 Å². The van der Waals surface area contributed by atoms with E-state index in [9.17, 15) is 0 Å². The van der Waals surface area contributed by atoms with Crippen molar-refractivity contribution in [1.82, 2.24) is 20.4 Å². The molecule has 1 aliphatic carbocycles. The fourth-order valence-corrected chi connectivity index (χ4v) is 4.28. The summed E-state index contributed by atoms with van der Waals surface area (Å²) in [6, 6.07) is 1.42. The van der Waals surface area contributed by atoms with E-state index in [0.29, 0.717) is 6.04 Å². The van der Waals surface area contributed by atoms with Crippen LogP contribution in [0.3, 0.4) is 0 Å². The molecule has 26 heavy (non-hydrogen) atoms. The van der Waals surface area contributed by atoms with Crippen LogP contribution in [0.25, 0.3) is 0 Å². The van der Waals surface area contributed by atoms with Gasteiger partial charge in [0.1, 0.15) is 0 Å². The van der Waals surface area contributed by atoms with Gasteiger partial charge in [-0.1, -0.05) is 32.1 Å². The van der Waals surface area contributed by atoms with Gasteiger partial charge >= 0.3 is 0 Å². The fraction of sp³-hybridized carbons (Fsp3) is 0.952. The fourth-order valence-electron chi connectivity index (χ4n) is 4.28. The lowest BCUT2D eigenvalue weighted by Crippen LogP contribution is -2.45. The number of nitrogens with zero attached hydrogens (tertiary/aromatic N) is 3. The lowest BCUT2D eigenvalue weighted by Gasteiger charge is -2.24. The van der Waals surface area contributed by atoms with Crippen LogP contribution < -0.4 is 10.6 Å². The quantitative estimate of drug-likeness (QED) is 0.335. The molecule has 0 aromatic carbocycles. The summed E-state index contributed by atoms with van der Waals surface area (Å²) in [5.74, 6) is 1.03. The van der Waals surface area contributed by atoms with Crippen LogP contribution in [0.5, 0.6) is 0 Å². The van der Waals surface area contributed by atoms with Crippen molar-refractivity contribution >= 4 is 5.96 Å². The topological polar surface area (TPSA) is 42.9 Å². The first kappa shape index (κ1) is 21.5. The van der Waals surface area contributed by atoms with E-state index in [1.54, 1.807) is 0 Å². The molecule has 1 heterocycles. The van der Waals surface area contributed by atoms with Crippen molar-refractivity contribution < 1.29 is 0 Å². The smallest absolute Gasteiger partial charge is 0.191 e. The summed E-state index contributed by atoms with van der Waals surface area (Å²) < 4.78 is 0. The van der Waals surface area contributed by atoms with Crippen molar-refractivity contribution in [2.24, 2.45) is 4.99 Å². The molecule has 2 rings (SSSR count). The lowest BCUT2D eigenvalue weighted by molar-refractivity contribution is 0.242. The Kier molecular flexibility index (Phi) is 10.4. The molecule has 5 heteroatoms. The van der Waals surface area contributed by atoms with Crippen molar-refractivity contribution in [2.45, 2.75) is 83.2 Å². The third-order valence-electron chi connectivity index (χ3n) is 5.78. The summed E-state index contributed by atoms with van der Waals surface area (Å²) in [4.78, 5) is 9.80. The SMILES string of the molecule is CCNC(=NCCCCCCCN(C)C)NC1CCN(C2CCCC2)C1. The zero-order valence-corrected chi connectivity index (χ0v) is 17.6. The zero-order valence-electron chi connectivity index (χ0n) is 17.6. The number of unbranched alkanes of at least 4 members (excludes halogenated alkanes) is 4. The highest BCUT2D eigenvalue weighted by Crippen LogP contribution is 2.26. The van der Waals surface area contributed by atoms with Crippen LogP contribution in [0, 0.1) is 0 Å². The Labute approximate surface area is 162 Å². The maximum Gasteiger partial charge on any atom is 0.191 e. The Morgan fingerprint density at radius 3 is 2.50 bits per heavy atom. The Morgan fingerprint density at radius 2 is 1.77 bits per heavy atom. The molecule has 0 bridgehead atoms. The van der Waals surface area contributed by atoms with E-state index in [2.05, 4.69) is 41.5 Å². The van der Waals surface area contributed by atoms with Crippen molar-refractivity contribution in [3.8, 4) is 0 Å². The van der Waals surface area contributed by atoms with Gasteiger partial charge in [-0.2, -0.15) is 0 Å². The first-order chi connectivity index (χ1) is 12.7. The molecule has 2 aliphatic rings. The minimum atomic E-state index is 0.569. The van der Waals surface area contributed by atoms with Crippen molar-refractivity contribution in [3.05, 3.63) is 0 Å². The molecule has 1 aliphatic heterocycles. The Bertz CT molecular complexity index is 390. The molecule has 0 spiro atoms. The van der Waals surface area contributed by atoms with E-state index in [0.717, 1.165) is 25.1 Å². The molecule has 0 amide bonds. The van der Waals surface area contributed by atoms with Gasteiger partial charge in [-0.25, -0.2) is 0 Å². The summed E-state index contributed by atoms with van der Waals surface area (Å²) in [7, 11) is 4.31. The largest absolute Gasteiger partial charge is 0.357 e. The standard InChI is InChI=1S/C21H43N5/c1-4-22-21(23-15-10-6-5-7-11-16-25(2)3)24-19-14-17-26(18-19)20-12-8-9-13-20/h19-20H,4-18H2,1-3H3,(H2,22,23,24). The van der Waals surface area contributed by atoms with Crippen LogP contribution in [-0.4, -0.2) is 74.7 Å². The number of hydrogen-bond donors (Lipinski definition) is 2. The Hall–Kier alpha value is -0.810. The normalized spacial score (nSPS) is 22.5. The van der Waals surface area contributed by atoms with Crippen molar-refractivity contribution in [1.29, 1.82) is 0 Å². The molecule has 1 saturated carbocycles. The van der Waals surface area contributed by atoms with Crippen LogP contribution in [-0.2, 0) is 0 Å². The second-order valence-electron chi connectivity index (χ2n) is 8.39. The number of likely N-dealkylation sites (tertiary alicyclic amines) is 1. The maximum absolute atomic E-state index is 4.81. The average Bonchev–Trinajstić information content (AvgIpc) is 3.28. The first-order valence-corrected chi connectivity index (χ1v) is 11.1. The number of nitrogens with one attached hydrogen (secondary N) is 2. The average molecular weight is 366 g/mol. The Balaban J connectivity index is 1.60. The molecule has 1 saturated heterocycles. The van der Waals surface area contributed by atoms with Crippen LogP contribution in [0.2, 0.25) is 0 Å². The highest BCUT2D eigenvalue weighted by atomic mass is 15.3. The summed E-state index contributed by atoms with van der Waals surface area (Å²) in [5.41, 5.74) is 0. The monoisotopic (exact) mass is 365 g/mol. The van der Waals surface area contributed by atoms with Crippen LogP contribution in [0.15, 0.2) is 4.99 Å². The lowest BCUT2D eigenvalue weighted by atomic mass is 10.1. The van der Waals surface area contributed by atoms with Gasteiger partial charge in [0, 0.05) is 38.3 Å². The molecule has 1 unspecified atom stereocenters. The first-order valence-electron chi connectivity index (χ1n) is 11.1. The predicted octanol–water partition coefficient (Wildman–Crippen LogP) is 3.07.